The zero-order valence-electron chi connectivity index (χ0n) is 50.7. The van der Waals surface area contributed by atoms with Gasteiger partial charge in [-0.05, 0) is 168 Å². The number of aldehydes is 1. The Bertz CT molecular complexity index is 3290. The Hall–Kier alpha value is -6.41. The van der Waals surface area contributed by atoms with E-state index in [9.17, 15) is 29.0 Å². The first-order chi connectivity index (χ1) is 40.6. The molecule has 84 heavy (non-hydrogen) atoms. The zero-order valence-corrected chi connectivity index (χ0v) is 50.7. The van der Waals surface area contributed by atoms with Gasteiger partial charge in [0.2, 0.25) is 11.8 Å². The van der Waals surface area contributed by atoms with Crippen molar-refractivity contribution >= 4 is 56.6 Å². The highest BCUT2D eigenvalue weighted by Gasteiger charge is 2.37. The first kappa shape index (κ1) is 63.6. The van der Waals surface area contributed by atoms with Crippen molar-refractivity contribution in [2.24, 2.45) is 18.9 Å². The molecule has 5 fully saturated rings. The molecule has 17 nitrogen and oxygen atoms in total. The number of aliphatic hydroxyl groups excluding tert-OH is 1. The fraction of sp³-hybridized carbons (Fsp3) is 0.585. The van der Waals surface area contributed by atoms with Gasteiger partial charge in [-0.3, -0.25) is 33.9 Å². The van der Waals surface area contributed by atoms with Crippen LogP contribution in [0, 0.1) is 23.5 Å². The van der Waals surface area contributed by atoms with Crippen LogP contribution in [0.4, 0.5) is 14.6 Å². The number of fused-ring (bicyclic) bond motifs is 4. The number of nitrogens with one attached hydrogen (secondary N) is 1. The number of benzene rings is 3. The number of piperidine rings is 3. The molecule has 0 spiro atoms. The third-order valence-corrected chi connectivity index (χ3v) is 18.0. The Balaban J connectivity index is 0.000000178. The van der Waals surface area contributed by atoms with Crippen LogP contribution in [0.5, 0.6) is 11.8 Å². The Morgan fingerprint density at radius 3 is 2.36 bits per heavy atom. The number of halogens is 2. The summed E-state index contributed by atoms with van der Waals surface area (Å²) in [6, 6.07) is 12.9. The number of anilines is 1. The Morgan fingerprint density at radius 1 is 0.905 bits per heavy atom. The summed E-state index contributed by atoms with van der Waals surface area (Å²) in [4.78, 5) is 66.5. The number of phenols is 1. The van der Waals surface area contributed by atoms with Gasteiger partial charge in [-0.2, -0.15) is 9.97 Å². The average Bonchev–Trinajstić information content (AvgIpc) is 1.58. The second-order valence-electron chi connectivity index (χ2n) is 23.6. The molecule has 6 aromatic rings. The fourth-order valence-corrected chi connectivity index (χ4v) is 13.6. The molecule has 2 amide bonds. The predicted octanol–water partition coefficient (Wildman–Crippen LogP) is 10.6. The van der Waals surface area contributed by atoms with Crippen LogP contribution >= 0.6 is 0 Å². The van der Waals surface area contributed by atoms with Gasteiger partial charge in [-0.25, -0.2) is 13.6 Å². The number of hydrogen-bond donors (Lipinski definition) is 3. The van der Waals surface area contributed by atoms with E-state index in [2.05, 4.69) is 56.9 Å². The van der Waals surface area contributed by atoms with E-state index in [0.29, 0.717) is 65.8 Å². The van der Waals surface area contributed by atoms with Crippen LogP contribution in [0.25, 0.3) is 44.0 Å². The summed E-state index contributed by atoms with van der Waals surface area (Å²) in [5, 5.41) is 24.3. The van der Waals surface area contributed by atoms with Crippen LogP contribution in [0.2, 0.25) is 0 Å². The SMILES string of the molecule is CC=O.CCCC(CCC(C)CC)CN1CCC(c2cccc3c2n(C)c(=O)n3C2CCC(=O)NC2=O)CC1.CCc1c(F)ccc2cc(O)cc(-c3ncc4c(N5CCCC(O)C5)nc(OC)nc4c3F)c12.COCC1CCC2CCCN21. The van der Waals surface area contributed by atoms with E-state index in [1.807, 2.05) is 31.1 Å². The maximum Gasteiger partial charge on any atom is 0.329 e. The first-order valence-corrected chi connectivity index (χ1v) is 30.8. The summed E-state index contributed by atoms with van der Waals surface area (Å²) in [7, 11) is 5.01. The quantitative estimate of drug-likeness (QED) is 0.0611. The normalized spacial score (nSPS) is 21.0. The highest BCUT2D eigenvalue weighted by Crippen LogP contribution is 2.40. The molecule has 0 radical (unpaired) electrons. The maximum atomic E-state index is 16.0. The largest absolute Gasteiger partial charge is 0.508 e. The number of carbonyl (C=O) groups excluding carboxylic acids is 3. The fourth-order valence-electron chi connectivity index (χ4n) is 13.6. The minimum atomic E-state index is -0.727. The highest BCUT2D eigenvalue weighted by molar-refractivity contribution is 6.02. The number of β-amino-alcohol motifs (C(OH)–C–C–N with tert-alkyl or cyclic N) is 1. The number of amides is 2. The van der Waals surface area contributed by atoms with E-state index in [1.165, 1.54) is 115 Å². The molecule has 0 saturated carbocycles. The molecule has 11 rings (SSSR count). The van der Waals surface area contributed by atoms with Crippen LogP contribution in [-0.4, -0.2) is 140 Å². The molecule has 6 unspecified atom stereocenters. The molecule has 0 aliphatic carbocycles. The summed E-state index contributed by atoms with van der Waals surface area (Å²) < 4.78 is 44.4. The number of imidazole rings is 1. The number of para-hydroxylation sites is 1. The molecule has 6 atom stereocenters. The molecular weight excluding hydrogens is 1070 g/mol. The predicted molar refractivity (Wildman–Crippen MR) is 326 cm³/mol. The smallest absolute Gasteiger partial charge is 0.329 e. The number of rotatable bonds is 16. The average molecular weight is 1160 g/mol. The standard InChI is InChI=1S/C29H44N4O3.C25H24F2N4O3.C9H17NO.C2H4O/c1-5-8-21(12-11-20(3)6-2)19-32-17-15-22(16-18-32)23-9-7-10-24-27(23)31(4)29(36)33(24)25-13-14-26(34)30-28(25)35;1-3-16-19(26)7-6-13-9-15(33)10-17(20(13)16)22-21(27)23-18(11-28-22)24(30-25(29-23)34-2)31-8-4-5-14(32)12-31;1-11-7-9-5-4-8-3-2-6-10(8)9;1-2-3/h7,9-10,20-22,25H,5-6,8,11-19H2,1-4H3,(H,30,34,35);6-7,9-11,14,32-33H,3-5,8,12H2,1-2H3;8-9H,2-7H2,1H3;2H,1H3. The van der Waals surface area contributed by atoms with E-state index < -0.39 is 23.8 Å². The number of imide groups is 1. The number of likely N-dealkylation sites (tertiary alicyclic amines) is 1. The zero-order chi connectivity index (χ0) is 60.2. The monoisotopic (exact) mass is 1160 g/mol. The summed E-state index contributed by atoms with van der Waals surface area (Å²) in [6.07, 6.45) is 18.4. The van der Waals surface area contributed by atoms with E-state index in [0.717, 1.165) is 80.2 Å². The van der Waals surface area contributed by atoms with Crippen molar-refractivity contribution in [2.45, 2.75) is 167 Å². The number of aliphatic hydroxyl groups is 1. The van der Waals surface area contributed by atoms with Crippen molar-refractivity contribution in [3.05, 3.63) is 81.9 Å². The van der Waals surface area contributed by atoms with Gasteiger partial charge in [0.1, 0.15) is 40.9 Å². The van der Waals surface area contributed by atoms with Crippen LogP contribution < -0.4 is 20.6 Å². The number of hydrogen-bond acceptors (Lipinski definition) is 14. The number of aromatic nitrogens is 5. The number of nitrogens with zero attached hydrogens (tertiary/aromatic N) is 8. The second-order valence-corrected chi connectivity index (χ2v) is 23.6. The van der Waals surface area contributed by atoms with Crippen molar-refractivity contribution in [3.63, 3.8) is 0 Å². The first-order valence-electron chi connectivity index (χ1n) is 30.8. The van der Waals surface area contributed by atoms with Gasteiger partial charge < -0.3 is 34.3 Å². The molecule has 19 heteroatoms. The van der Waals surface area contributed by atoms with Crippen LogP contribution in [0.1, 0.15) is 154 Å². The summed E-state index contributed by atoms with van der Waals surface area (Å²) >= 11 is 0. The van der Waals surface area contributed by atoms with Crippen molar-refractivity contribution in [1.29, 1.82) is 0 Å². The minimum absolute atomic E-state index is 0.00198. The number of aryl methyl sites for hydroxylation is 2. The Morgan fingerprint density at radius 2 is 1.67 bits per heavy atom. The third-order valence-electron chi connectivity index (χ3n) is 18.0. The lowest BCUT2D eigenvalue weighted by atomic mass is 9.87. The van der Waals surface area contributed by atoms with Crippen LogP contribution in [-0.2, 0) is 32.6 Å². The third kappa shape index (κ3) is 14.5. The van der Waals surface area contributed by atoms with E-state index in [4.69, 9.17) is 14.3 Å². The molecule has 3 aromatic carbocycles. The Kier molecular flexibility index (Phi) is 22.4. The van der Waals surface area contributed by atoms with Crippen molar-refractivity contribution in [2.75, 3.05) is 65.0 Å². The molecule has 3 N–H and O–H groups in total. The second kappa shape index (κ2) is 29.6. The lowest BCUT2D eigenvalue weighted by Crippen LogP contribution is -2.44. The molecule has 456 valence electrons. The summed E-state index contributed by atoms with van der Waals surface area (Å²) in [6.45, 7) is 16.9. The van der Waals surface area contributed by atoms with Gasteiger partial charge in [0.05, 0.1) is 36.2 Å². The van der Waals surface area contributed by atoms with Crippen molar-refractivity contribution < 1.29 is 42.9 Å². The van der Waals surface area contributed by atoms with E-state index in [-0.39, 0.29) is 52.5 Å². The maximum absolute atomic E-state index is 16.0. The molecular formula is C65H89F2N9O8. The molecule has 5 aliphatic rings. The van der Waals surface area contributed by atoms with E-state index >= 15 is 4.39 Å². The molecule has 5 aliphatic heterocycles. The van der Waals surface area contributed by atoms with Gasteiger partial charge in [0.15, 0.2) is 5.82 Å². The number of phenolic OH excluding ortho intramolecular Hbond substituents is 1. The van der Waals surface area contributed by atoms with Gasteiger partial charge in [-0.1, -0.05) is 65.2 Å². The lowest BCUT2D eigenvalue weighted by molar-refractivity contribution is -0.135. The van der Waals surface area contributed by atoms with Gasteiger partial charge >= 0.3 is 11.7 Å². The van der Waals surface area contributed by atoms with Crippen LogP contribution in [0.3, 0.4) is 0 Å². The Labute approximate surface area is 493 Å². The molecule has 0 bridgehead atoms. The number of ether oxygens (including phenoxy) is 2. The van der Waals surface area contributed by atoms with Crippen LogP contribution in [0.15, 0.2) is 53.5 Å². The number of carbonyl (C=O) groups is 3. The summed E-state index contributed by atoms with van der Waals surface area (Å²) in [5.74, 6) is 0.571. The molecule has 8 heterocycles. The topological polar surface area (TPSA) is 197 Å². The van der Waals surface area contributed by atoms with Gasteiger partial charge in [-0.15, -0.1) is 0 Å². The molecule has 3 aromatic heterocycles. The van der Waals surface area contributed by atoms with Gasteiger partial charge in [0, 0.05) is 64.1 Å². The van der Waals surface area contributed by atoms with E-state index in [1.54, 1.807) is 22.2 Å². The van der Waals surface area contributed by atoms with Crippen molar-refractivity contribution in [3.8, 4) is 23.0 Å². The van der Waals surface area contributed by atoms with Crippen molar-refractivity contribution in [1.82, 2.24) is 39.2 Å². The summed E-state index contributed by atoms with van der Waals surface area (Å²) in [5.41, 5.74) is 3.38. The van der Waals surface area contributed by atoms with Gasteiger partial charge in [0.25, 0.3) is 0 Å². The number of methoxy groups -OCH3 is 2. The minimum Gasteiger partial charge on any atom is -0.508 e. The highest BCUT2D eigenvalue weighted by atomic mass is 19.1. The number of aromatic hydroxyl groups is 1. The molecule has 5 saturated heterocycles. The lowest BCUT2D eigenvalue weighted by Gasteiger charge is -2.35. The number of pyridine rings is 1.